The van der Waals surface area contributed by atoms with E-state index in [1.807, 2.05) is 0 Å². The molecule has 1 aliphatic heterocycles. The number of ether oxygens (including phenoxy) is 1. The van der Waals surface area contributed by atoms with E-state index in [1.54, 1.807) is 0 Å². The van der Waals surface area contributed by atoms with Gasteiger partial charge in [0.1, 0.15) is 0 Å². The average Bonchev–Trinajstić information content (AvgIpc) is 1.81. The minimum Gasteiger partial charge on any atom is -0.465 e. The van der Waals surface area contributed by atoms with Crippen molar-refractivity contribution in [1.82, 2.24) is 0 Å². The molecule has 1 saturated heterocycles. The molecule has 1 unspecified atom stereocenters. The zero-order valence-corrected chi connectivity index (χ0v) is 6.81. The van der Waals surface area contributed by atoms with Gasteiger partial charge in [0.25, 0.3) is 0 Å². The van der Waals surface area contributed by atoms with Crippen LogP contribution >= 0.6 is 0 Å². The molecule has 1 heterocycles. The Morgan fingerprint density at radius 1 is 1.60 bits per heavy atom. The van der Waals surface area contributed by atoms with E-state index in [2.05, 4.69) is 20.8 Å². The van der Waals surface area contributed by atoms with Crippen LogP contribution in [0.2, 0.25) is 0 Å². The van der Waals surface area contributed by atoms with E-state index >= 15 is 0 Å². The van der Waals surface area contributed by atoms with E-state index in [-0.39, 0.29) is 11.4 Å². The van der Waals surface area contributed by atoms with Gasteiger partial charge in [0.15, 0.2) is 0 Å². The molecule has 0 amide bonds. The summed E-state index contributed by atoms with van der Waals surface area (Å²) in [5, 5.41) is 0. The molecule has 58 valence electrons. The minimum absolute atomic E-state index is 0.0492. The lowest BCUT2D eigenvalue weighted by Crippen LogP contribution is -2.35. The van der Waals surface area contributed by atoms with Gasteiger partial charge in [-0.1, -0.05) is 20.8 Å². The lowest BCUT2D eigenvalue weighted by Gasteiger charge is -2.34. The van der Waals surface area contributed by atoms with Crippen molar-refractivity contribution in [2.75, 3.05) is 6.61 Å². The second kappa shape index (κ2) is 2.26. The van der Waals surface area contributed by atoms with Gasteiger partial charge in [0.05, 0.1) is 6.61 Å². The van der Waals surface area contributed by atoms with Crippen molar-refractivity contribution in [3.05, 3.63) is 0 Å². The quantitative estimate of drug-likeness (QED) is 0.480. The molecule has 10 heavy (non-hydrogen) atoms. The van der Waals surface area contributed by atoms with E-state index in [1.165, 1.54) is 0 Å². The molecule has 0 aromatic carbocycles. The Kier molecular flexibility index (Phi) is 1.71. The highest BCUT2D eigenvalue weighted by molar-refractivity contribution is 5.70. The number of hydrogen-bond acceptors (Lipinski definition) is 2. The van der Waals surface area contributed by atoms with Gasteiger partial charge in [-0.3, -0.25) is 4.79 Å². The maximum atomic E-state index is 10.7. The van der Waals surface area contributed by atoms with Gasteiger partial charge in [-0.05, 0) is 5.92 Å². The second-order valence-corrected chi connectivity index (χ2v) is 3.75. The highest BCUT2D eigenvalue weighted by atomic mass is 16.5. The minimum atomic E-state index is -0.0492. The van der Waals surface area contributed by atoms with Gasteiger partial charge in [-0.2, -0.15) is 0 Å². The molecular weight excluding hydrogens is 128 g/mol. The number of esters is 1. The molecule has 0 bridgehead atoms. The molecule has 1 atom stereocenters. The summed E-state index contributed by atoms with van der Waals surface area (Å²) in [5.74, 6) is 0.403. The second-order valence-electron chi connectivity index (χ2n) is 3.75. The highest BCUT2D eigenvalue weighted by Crippen LogP contribution is 2.33. The third-order valence-corrected chi connectivity index (χ3v) is 2.41. The Morgan fingerprint density at radius 3 is 2.60 bits per heavy atom. The van der Waals surface area contributed by atoms with E-state index in [4.69, 9.17) is 4.74 Å². The summed E-state index contributed by atoms with van der Waals surface area (Å²) in [7, 11) is 0. The maximum absolute atomic E-state index is 10.7. The smallest absolute Gasteiger partial charge is 0.306 e. The predicted molar refractivity (Wildman–Crippen MR) is 38.5 cm³/mol. The van der Waals surface area contributed by atoms with E-state index in [0.717, 1.165) is 0 Å². The number of rotatable bonds is 0. The first-order chi connectivity index (χ1) is 4.52. The lowest BCUT2D eigenvalue weighted by molar-refractivity contribution is -0.157. The van der Waals surface area contributed by atoms with E-state index in [9.17, 15) is 4.79 Å². The van der Waals surface area contributed by atoms with Crippen molar-refractivity contribution in [2.45, 2.75) is 27.2 Å². The maximum Gasteiger partial charge on any atom is 0.306 e. The van der Waals surface area contributed by atoms with Crippen molar-refractivity contribution in [3.63, 3.8) is 0 Å². The molecule has 0 aliphatic carbocycles. The molecule has 0 spiro atoms. The van der Waals surface area contributed by atoms with Crippen LogP contribution in [0.25, 0.3) is 0 Å². The summed E-state index contributed by atoms with van der Waals surface area (Å²) in [4.78, 5) is 10.7. The van der Waals surface area contributed by atoms with Crippen LogP contribution < -0.4 is 0 Å². The van der Waals surface area contributed by atoms with Crippen molar-refractivity contribution < 1.29 is 9.53 Å². The molecule has 0 N–H and O–H groups in total. The van der Waals surface area contributed by atoms with Crippen LogP contribution in [-0.2, 0) is 9.53 Å². The number of cyclic esters (lactones) is 1. The summed E-state index contributed by atoms with van der Waals surface area (Å²) in [6.45, 7) is 6.93. The Labute approximate surface area is 61.6 Å². The molecule has 2 heteroatoms. The third-order valence-electron chi connectivity index (χ3n) is 2.41. The van der Waals surface area contributed by atoms with Crippen LogP contribution in [-0.4, -0.2) is 12.6 Å². The lowest BCUT2D eigenvalue weighted by atomic mass is 9.77. The van der Waals surface area contributed by atoms with Gasteiger partial charge in [-0.15, -0.1) is 0 Å². The first-order valence-electron chi connectivity index (χ1n) is 3.68. The van der Waals surface area contributed by atoms with Crippen LogP contribution in [0.3, 0.4) is 0 Å². The zero-order valence-electron chi connectivity index (χ0n) is 6.81. The highest BCUT2D eigenvalue weighted by Gasteiger charge is 2.33. The predicted octanol–water partition coefficient (Wildman–Crippen LogP) is 1.60. The van der Waals surface area contributed by atoms with Gasteiger partial charge >= 0.3 is 5.97 Å². The first kappa shape index (κ1) is 7.58. The van der Waals surface area contributed by atoms with Gasteiger partial charge in [-0.25, -0.2) is 0 Å². The normalized spacial score (nSPS) is 31.5. The Hall–Kier alpha value is -0.530. The topological polar surface area (TPSA) is 26.3 Å². The SMILES string of the molecule is CC1CC(=O)OCC1(C)C. The molecule has 0 saturated carbocycles. The number of hydrogen-bond donors (Lipinski definition) is 0. The molecule has 0 aromatic rings. The molecular formula is C8H14O2. The fraction of sp³-hybridized carbons (Fsp3) is 0.875. The third kappa shape index (κ3) is 1.31. The molecule has 2 nitrogen and oxygen atoms in total. The average molecular weight is 142 g/mol. The van der Waals surface area contributed by atoms with Gasteiger partial charge in [0.2, 0.25) is 0 Å². The summed E-state index contributed by atoms with van der Waals surface area (Å²) >= 11 is 0. The number of carbonyl (C=O) groups is 1. The van der Waals surface area contributed by atoms with Crippen LogP contribution in [0.15, 0.2) is 0 Å². The fourth-order valence-electron chi connectivity index (χ4n) is 0.994. The van der Waals surface area contributed by atoms with Crippen LogP contribution in [0.4, 0.5) is 0 Å². The van der Waals surface area contributed by atoms with Crippen molar-refractivity contribution in [1.29, 1.82) is 0 Å². The van der Waals surface area contributed by atoms with Crippen LogP contribution in [0.1, 0.15) is 27.2 Å². The molecule has 1 aliphatic rings. The van der Waals surface area contributed by atoms with Gasteiger partial charge < -0.3 is 4.74 Å². The van der Waals surface area contributed by atoms with E-state index < -0.39 is 0 Å². The molecule has 0 radical (unpaired) electrons. The molecule has 0 aromatic heterocycles. The van der Waals surface area contributed by atoms with Crippen LogP contribution in [0.5, 0.6) is 0 Å². The summed E-state index contributed by atoms with van der Waals surface area (Å²) < 4.78 is 4.92. The van der Waals surface area contributed by atoms with Crippen molar-refractivity contribution in [2.24, 2.45) is 11.3 Å². The first-order valence-corrected chi connectivity index (χ1v) is 3.68. The van der Waals surface area contributed by atoms with Gasteiger partial charge in [0, 0.05) is 11.8 Å². The van der Waals surface area contributed by atoms with Crippen molar-refractivity contribution >= 4 is 5.97 Å². The number of carbonyl (C=O) groups excluding carboxylic acids is 1. The molecule has 1 rings (SSSR count). The largest absolute Gasteiger partial charge is 0.465 e. The summed E-state index contributed by atoms with van der Waals surface area (Å²) in [6, 6.07) is 0. The molecule has 1 fully saturated rings. The van der Waals surface area contributed by atoms with Crippen molar-refractivity contribution in [3.8, 4) is 0 Å². The monoisotopic (exact) mass is 142 g/mol. The zero-order chi connectivity index (χ0) is 7.78. The van der Waals surface area contributed by atoms with Crippen LogP contribution in [0, 0.1) is 11.3 Å². The fourth-order valence-corrected chi connectivity index (χ4v) is 0.994. The summed E-state index contributed by atoms with van der Waals surface area (Å²) in [6.07, 6.45) is 0.576. The summed E-state index contributed by atoms with van der Waals surface area (Å²) in [5.41, 5.74) is 0.175. The Balaban J connectivity index is 2.60. The Bertz CT molecular complexity index is 149. The van der Waals surface area contributed by atoms with E-state index in [0.29, 0.717) is 18.9 Å². The standard InChI is InChI=1S/C8H14O2/c1-6-4-7(9)10-5-8(6,2)3/h6H,4-5H2,1-3H3. The Morgan fingerprint density at radius 2 is 2.20 bits per heavy atom.